The Balaban J connectivity index is 2.60. The van der Waals surface area contributed by atoms with Crippen molar-refractivity contribution in [2.45, 2.75) is 6.18 Å². The second-order valence-corrected chi connectivity index (χ2v) is 3.14. The smallest absolute Gasteiger partial charge is 0.407 e. The van der Waals surface area contributed by atoms with E-state index in [-0.39, 0.29) is 11.5 Å². The van der Waals surface area contributed by atoms with E-state index in [1.807, 2.05) is 5.43 Å². The average molecular weight is 248 g/mol. The van der Waals surface area contributed by atoms with Crippen molar-refractivity contribution in [3.63, 3.8) is 0 Å². The molecule has 0 fully saturated rings. The molecule has 94 valence electrons. The van der Waals surface area contributed by atoms with Gasteiger partial charge in [0.1, 0.15) is 6.54 Å². The monoisotopic (exact) mass is 248 g/mol. The number of ether oxygens (including phenoxy) is 1. The van der Waals surface area contributed by atoms with E-state index in [2.05, 4.69) is 5.10 Å². The van der Waals surface area contributed by atoms with Gasteiger partial charge in [-0.2, -0.15) is 18.3 Å². The third-order valence-electron chi connectivity index (χ3n) is 1.79. The molecule has 17 heavy (non-hydrogen) atoms. The number of nitrogens with one attached hydrogen (secondary N) is 1. The summed E-state index contributed by atoms with van der Waals surface area (Å²) in [5.74, 6) is 0.178. The molecule has 0 spiro atoms. The van der Waals surface area contributed by atoms with Crippen molar-refractivity contribution < 1.29 is 23.0 Å². The topological polar surface area (TPSA) is 53.8 Å². The fourth-order valence-corrected chi connectivity index (χ4v) is 1.03. The Morgan fingerprint density at radius 3 is 2.76 bits per heavy atom. The Hall–Kier alpha value is -1.92. The van der Waals surface area contributed by atoms with Crippen LogP contribution in [0.5, 0.6) is 11.5 Å². The zero-order valence-corrected chi connectivity index (χ0v) is 8.95. The first-order valence-electron chi connectivity index (χ1n) is 4.62. The highest BCUT2D eigenvalue weighted by molar-refractivity contribution is 5.80. The maximum atomic E-state index is 11.8. The van der Waals surface area contributed by atoms with Gasteiger partial charge in [-0.3, -0.25) is 0 Å². The normalized spacial score (nSPS) is 11.8. The van der Waals surface area contributed by atoms with E-state index in [4.69, 9.17) is 4.74 Å². The molecule has 1 rings (SSSR count). The number of alkyl halides is 3. The van der Waals surface area contributed by atoms with Gasteiger partial charge in [0.15, 0.2) is 11.5 Å². The summed E-state index contributed by atoms with van der Waals surface area (Å²) in [5, 5.41) is 12.7. The lowest BCUT2D eigenvalue weighted by Gasteiger charge is -2.05. The number of phenols is 1. The molecule has 0 saturated heterocycles. The molecule has 1 aromatic carbocycles. The summed E-state index contributed by atoms with van der Waals surface area (Å²) in [4.78, 5) is 0. The van der Waals surface area contributed by atoms with E-state index in [0.29, 0.717) is 5.56 Å². The highest BCUT2D eigenvalue weighted by Crippen LogP contribution is 2.25. The Morgan fingerprint density at radius 1 is 1.47 bits per heavy atom. The van der Waals surface area contributed by atoms with Gasteiger partial charge in [0, 0.05) is 0 Å². The average Bonchev–Trinajstić information content (AvgIpc) is 2.25. The maximum absolute atomic E-state index is 11.8. The Labute approximate surface area is 95.7 Å². The lowest BCUT2D eigenvalue weighted by atomic mass is 10.2. The number of halogens is 3. The summed E-state index contributed by atoms with van der Waals surface area (Å²) in [6.45, 7) is -1.20. The van der Waals surface area contributed by atoms with Gasteiger partial charge in [-0.25, -0.2) is 0 Å². The van der Waals surface area contributed by atoms with Crippen molar-refractivity contribution in [2.24, 2.45) is 5.10 Å². The first-order valence-corrected chi connectivity index (χ1v) is 4.62. The zero-order chi connectivity index (χ0) is 12.9. The summed E-state index contributed by atoms with van der Waals surface area (Å²) in [5.41, 5.74) is 2.38. The van der Waals surface area contributed by atoms with Crippen LogP contribution in [-0.2, 0) is 0 Å². The molecule has 0 atom stereocenters. The third kappa shape index (κ3) is 4.62. The van der Waals surface area contributed by atoms with Crippen molar-refractivity contribution in [3.8, 4) is 11.5 Å². The summed E-state index contributed by atoms with van der Waals surface area (Å²) in [7, 11) is 1.37. The minimum Gasteiger partial charge on any atom is -0.504 e. The summed E-state index contributed by atoms with van der Waals surface area (Å²) >= 11 is 0. The fraction of sp³-hybridized carbons (Fsp3) is 0.300. The lowest BCUT2D eigenvalue weighted by molar-refractivity contribution is -0.124. The number of benzene rings is 1. The van der Waals surface area contributed by atoms with E-state index >= 15 is 0 Å². The quantitative estimate of drug-likeness (QED) is 0.632. The number of hydrogen-bond acceptors (Lipinski definition) is 4. The lowest BCUT2D eigenvalue weighted by Crippen LogP contribution is -2.24. The Bertz CT molecular complexity index is 405. The van der Waals surface area contributed by atoms with Gasteiger partial charge >= 0.3 is 6.18 Å². The molecule has 0 radical (unpaired) electrons. The van der Waals surface area contributed by atoms with E-state index in [1.165, 1.54) is 31.5 Å². The summed E-state index contributed by atoms with van der Waals surface area (Å²) < 4.78 is 40.1. The highest BCUT2D eigenvalue weighted by Gasteiger charge is 2.26. The minimum atomic E-state index is -4.30. The Morgan fingerprint density at radius 2 is 2.18 bits per heavy atom. The van der Waals surface area contributed by atoms with Crippen LogP contribution in [-0.4, -0.2) is 31.2 Å². The first-order chi connectivity index (χ1) is 7.92. The van der Waals surface area contributed by atoms with Gasteiger partial charge in [0.05, 0.1) is 13.3 Å². The molecular formula is C10H11F3N2O2. The number of aromatic hydroxyl groups is 1. The molecule has 7 heteroatoms. The summed E-state index contributed by atoms with van der Waals surface area (Å²) in [6, 6.07) is 4.31. The van der Waals surface area contributed by atoms with E-state index in [1.54, 1.807) is 0 Å². The van der Waals surface area contributed by atoms with Crippen LogP contribution in [0.4, 0.5) is 13.2 Å². The zero-order valence-electron chi connectivity index (χ0n) is 8.95. The van der Waals surface area contributed by atoms with Gasteiger partial charge < -0.3 is 15.3 Å². The van der Waals surface area contributed by atoms with E-state index < -0.39 is 12.7 Å². The second kappa shape index (κ2) is 5.42. The molecule has 0 aliphatic carbocycles. The first kappa shape index (κ1) is 13.1. The van der Waals surface area contributed by atoms with Gasteiger partial charge in [-0.15, -0.1) is 0 Å². The van der Waals surface area contributed by atoms with Crippen LogP contribution in [0.25, 0.3) is 0 Å². The molecule has 2 N–H and O–H groups in total. The second-order valence-electron chi connectivity index (χ2n) is 3.14. The molecule has 0 bridgehead atoms. The SMILES string of the molecule is COc1cc(/C=N/NCC(F)(F)F)ccc1O. The van der Waals surface area contributed by atoms with Crippen LogP contribution in [0.15, 0.2) is 23.3 Å². The number of phenolic OH excluding ortho intramolecular Hbond substituents is 1. The van der Waals surface area contributed by atoms with Crippen molar-refractivity contribution in [1.29, 1.82) is 0 Å². The van der Waals surface area contributed by atoms with Gasteiger partial charge in [-0.1, -0.05) is 0 Å². The molecule has 0 aromatic heterocycles. The number of hydrazone groups is 1. The molecule has 1 aromatic rings. The van der Waals surface area contributed by atoms with Crippen LogP contribution in [0, 0.1) is 0 Å². The van der Waals surface area contributed by atoms with Crippen LogP contribution in [0.2, 0.25) is 0 Å². The van der Waals surface area contributed by atoms with Crippen molar-refractivity contribution >= 4 is 6.21 Å². The van der Waals surface area contributed by atoms with Crippen molar-refractivity contribution in [1.82, 2.24) is 5.43 Å². The molecule has 4 nitrogen and oxygen atoms in total. The molecule has 0 aliphatic rings. The van der Waals surface area contributed by atoms with Crippen molar-refractivity contribution in [3.05, 3.63) is 23.8 Å². The largest absolute Gasteiger partial charge is 0.504 e. The Kier molecular flexibility index (Phi) is 4.19. The number of hydrogen-bond donors (Lipinski definition) is 2. The molecule has 0 amide bonds. The highest BCUT2D eigenvalue weighted by atomic mass is 19.4. The van der Waals surface area contributed by atoms with Gasteiger partial charge in [0.2, 0.25) is 0 Å². The molecule has 0 aliphatic heterocycles. The summed E-state index contributed by atoms with van der Waals surface area (Å²) in [6.07, 6.45) is -3.10. The van der Waals surface area contributed by atoms with Crippen LogP contribution < -0.4 is 10.2 Å². The number of methoxy groups -OCH3 is 1. The number of rotatable bonds is 4. The van der Waals surface area contributed by atoms with Gasteiger partial charge in [-0.05, 0) is 23.8 Å². The number of nitrogens with zero attached hydrogens (tertiary/aromatic N) is 1. The molecule has 0 saturated carbocycles. The fourth-order valence-electron chi connectivity index (χ4n) is 1.03. The minimum absolute atomic E-state index is 0.0482. The standard InChI is InChI=1S/C10H11F3N2O2/c1-17-9-4-7(2-3-8(9)16)5-14-15-6-10(11,12)13/h2-5,15-16H,6H2,1H3/b14-5+. The van der Waals surface area contributed by atoms with Crippen molar-refractivity contribution in [2.75, 3.05) is 13.7 Å². The van der Waals surface area contributed by atoms with Gasteiger partial charge in [0.25, 0.3) is 0 Å². The predicted molar refractivity (Wildman–Crippen MR) is 56.3 cm³/mol. The molecular weight excluding hydrogens is 237 g/mol. The molecule has 0 heterocycles. The third-order valence-corrected chi connectivity index (χ3v) is 1.79. The maximum Gasteiger partial charge on any atom is 0.407 e. The van der Waals surface area contributed by atoms with Crippen LogP contribution in [0.3, 0.4) is 0 Å². The van der Waals surface area contributed by atoms with Crippen LogP contribution >= 0.6 is 0 Å². The molecule has 0 unspecified atom stereocenters. The van der Waals surface area contributed by atoms with E-state index in [9.17, 15) is 18.3 Å². The van der Waals surface area contributed by atoms with Crippen LogP contribution in [0.1, 0.15) is 5.56 Å². The predicted octanol–water partition coefficient (Wildman–Crippen LogP) is 1.89. The van der Waals surface area contributed by atoms with E-state index in [0.717, 1.165) is 0 Å².